The van der Waals surface area contributed by atoms with Gasteiger partial charge in [0.15, 0.2) is 0 Å². The van der Waals surface area contributed by atoms with Gasteiger partial charge in [0.05, 0.1) is 29.9 Å². The number of nitrogens with zero attached hydrogens (tertiary/aromatic N) is 2. The largest absolute Gasteiger partial charge is 0.495 e. The van der Waals surface area contributed by atoms with Crippen LogP contribution in [-0.2, 0) is 9.59 Å². The van der Waals surface area contributed by atoms with Gasteiger partial charge in [0, 0.05) is 24.3 Å². The minimum atomic E-state index is -0.996. The lowest BCUT2D eigenvalue weighted by Gasteiger charge is -2.28. The molecular weight excluding hydrogens is 418 g/mol. The minimum absolute atomic E-state index is 0.00121. The molecule has 4 amide bonds. The van der Waals surface area contributed by atoms with Crippen molar-refractivity contribution in [3.05, 3.63) is 62.7 Å². The first-order valence-electron chi connectivity index (χ1n) is 8.34. The monoisotopic (exact) mass is 431 g/mol. The van der Waals surface area contributed by atoms with Gasteiger partial charge in [-0.05, 0) is 11.6 Å². The molecule has 0 unspecified atom stereocenters. The van der Waals surface area contributed by atoms with E-state index in [4.69, 9.17) is 21.1 Å². The Kier molecular flexibility index (Phi) is 5.70. The van der Waals surface area contributed by atoms with Crippen LogP contribution in [0, 0.1) is 10.1 Å². The zero-order valence-corrected chi connectivity index (χ0v) is 16.4. The fraction of sp³-hybridized carbons (Fsp3) is 0.105. The fourth-order valence-corrected chi connectivity index (χ4v) is 3.02. The predicted octanol–water partition coefficient (Wildman–Crippen LogP) is 2.93. The van der Waals surface area contributed by atoms with E-state index in [1.165, 1.54) is 50.6 Å². The van der Waals surface area contributed by atoms with E-state index < -0.39 is 28.3 Å². The van der Waals surface area contributed by atoms with Gasteiger partial charge in [0.1, 0.15) is 17.1 Å². The van der Waals surface area contributed by atoms with E-state index in [1.807, 2.05) is 0 Å². The van der Waals surface area contributed by atoms with Crippen molar-refractivity contribution in [2.45, 2.75) is 0 Å². The SMILES string of the molecule is COc1cc(N2C(=O)NC(=O)/C(=C\c3cccc([N+](=O)[O-])c3)C2=O)c(OC)cc1Cl. The second-order valence-corrected chi connectivity index (χ2v) is 6.38. The molecule has 10 nitrogen and oxygen atoms in total. The van der Waals surface area contributed by atoms with Crippen LogP contribution >= 0.6 is 11.6 Å². The summed E-state index contributed by atoms with van der Waals surface area (Å²) in [5.41, 5.74) is -0.382. The second kappa shape index (κ2) is 8.21. The van der Waals surface area contributed by atoms with Gasteiger partial charge in [-0.1, -0.05) is 23.7 Å². The number of benzene rings is 2. The third-order valence-corrected chi connectivity index (χ3v) is 4.48. The van der Waals surface area contributed by atoms with Crippen molar-refractivity contribution < 1.29 is 28.8 Å². The highest BCUT2D eigenvalue weighted by Crippen LogP contribution is 2.39. The van der Waals surface area contributed by atoms with Crippen LogP contribution in [-0.4, -0.2) is 37.0 Å². The molecule has 2 aromatic rings. The van der Waals surface area contributed by atoms with E-state index in [9.17, 15) is 24.5 Å². The molecule has 1 saturated heterocycles. The first-order valence-corrected chi connectivity index (χ1v) is 8.72. The number of hydrogen-bond donors (Lipinski definition) is 1. The van der Waals surface area contributed by atoms with Gasteiger partial charge in [-0.25, -0.2) is 9.69 Å². The van der Waals surface area contributed by atoms with Crippen LogP contribution in [0.15, 0.2) is 42.0 Å². The normalized spacial score (nSPS) is 15.2. The number of rotatable bonds is 5. The predicted molar refractivity (Wildman–Crippen MR) is 107 cm³/mol. The van der Waals surface area contributed by atoms with Gasteiger partial charge >= 0.3 is 6.03 Å². The first-order chi connectivity index (χ1) is 14.3. The van der Waals surface area contributed by atoms with Crippen molar-refractivity contribution in [2.24, 2.45) is 0 Å². The van der Waals surface area contributed by atoms with Gasteiger partial charge in [-0.3, -0.25) is 25.0 Å². The molecule has 0 spiro atoms. The van der Waals surface area contributed by atoms with Crippen LogP contribution in [0.1, 0.15) is 5.56 Å². The number of amides is 4. The molecule has 154 valence electrons. The molecule has 0 radical (unpaired) electrons. The number of carbonyl (C=O) groups excluding carboxylic acids is 3. The van der Waals surface area contributed by atoms with Crippen molar-refractivity contribution in [3.63, 3.8) is 0 Å². The van der Waals surface area contributed by atoms with Crippen molar-refractivity contribution >= 4 is 46.9 Å². The molecule has 0 bridgehead atoms. The molecule has 30 heavy (non-hydrogen) atoms. The summed E-state index contributed by atoms with van der Waals surface area (Å²) < 4.78 is 10.3. The highest BCUT2D eigenvalue weighted by Gasteiger charge is 2.38. The molecule has 0 atom stereocenters. The quantitative estimate of drug-likeness (QED) is 0.333. The lowest BCUT2D eigenvalue weighted by Crippen LogP contribution is -2.54. The topological polar surface area (TPSA) is 128 Å². The molecule has 1 aliphatic heterocycles. The van der Waals surface area contributed by atoms with Crippen LogP contribution in [0.3, 0.4) is 0 Å². The first kappa shape index (κ1) is 20.8. The Balaban J connectivity index is 2.10. The Morgan fingerprint density at radius 2 is 1.80 bits per heavy atom. The highest BCUT2D eigenvalue weighted by atomic mass is 35.5. The molecular formula is C19H14ClN3O7. The number of urea groups is 1. The van der Waals surface area contributed by atoms with Crippen molar-refractivity contribution in [1.82, 2.24) is 5.32 Å². The van der Waals surface area contributed by atoms with Gasteiger partial charge < -0.3 is 9.47 Å². The number of carbonyl (C=O) groups is 3. The summed E-state index contributed by atoms with van der Waals surface area (Å²) in [5, 5.41) is 13.2. The van der Waals surface area contributed by atoms with E-state index in [2.05, 4.69) is 5.32 Å². The Bertz CT molecular complexity index is 1110. The van der Waals surface area contributed by atoms with Crippen LogP contribution < -0.4 is 19.7 Å². The Morgan fingerprint density at radius 3 is 2.43 bits per heavy atom. The van der Waals surface area contributed by atoms with E-state index >= 15 is 0 Å². The molecule has 1 N–H and O–H groups in total. The Hall–Kier alpha value is -3.92. The van der Waals surface area contributed by atoms with Gasteiger partial charge in [-0.15, -0.1) is 0 Å². The number of halogens is 1. The number of nitrogens with one attached hydrogen (secondary N) is 1. The summed E-state index contributed by atoms with van der Waals surface area (Å²) in [6.45, 7) is 0. The van der Waals surface area contributed by atoms with Crippen molar-refractivity contribution in [1.29, 1.82) is 0 Å². The van der Waals surface area contributed by atoms with Crippen LogP contribution in [0.4, 0.5) is 16.2 Å². The third-order valence-electron chi connectivity index (χ3n) is 4.19. The van der Waals surface area contributed by atoms with Crippen LogP contribution in [0.2, 0.25) is 5.02 Å². The molecule has 0 aromatic heterocycles. The molecule has 2 aromatic carbocycles. The number of non-ortho nitro benzene ring substituents is 1. The number of imide groups is 2. The van der Waals surface area contributed by atoms with E-state index in [1.54, 1.807) is 0 Å². The van der Waals surface area contributed by atoms with Gasteiger partial charge in [-0.2, -0.15) is 0 Å². The molecule has 11 heteroatoms. The maximum Gasteiger partial charge on any atom is 0.336 e. The molecule has 1 heterocycles. The maximum absolute atomic E-state index is 13.0. The maximum atomic E-state index is 13.0. The van der Waals surface area contributed by atoms with Crippen LogP contribution in [0.5, 0.6) is 11.5 Å². The number of methoxy groups -OCH3 is 2. The second-order valence-electron chi connectivity index (χ2n) is 5.97. The zero-order valence-electron chi connectivity index (χ0n) is 15.7. The summed E-state index contributed by atoms with van der Waals surface area (Å²) in [4.78, 5) is 48.8. The molecule has 1 aliphatic rings. The molecule has 0 saturated carbocycles. The van der Waals surface area contributed by atoms with E-state index in [0.29, 0.717) is 4.90 Å². The summed E-state index contributed by atoms with van der Waals surface area (Å²) in [6.07, 6.45) is 1.16. The number of barbiturate groups is 1. The summed E-state index contributed by atoms with van der Waals surface area (Å²) in [6, 6.07) is 7.03. The Labute approximate surface area is 174 Å². The summed E-state index contributed by atoms with van der Waals surface area (Å²) in [5.74, 6) is -1.62. The molecule has 1 fully saturated rings. The van der Waals surface area contributed by atoms with Crippen molar-refractivity contribution in [3.8, 4) is 11.5 Å². The third kappa shape index (κ3) is 3.80. The number of anilines is 1. The molecule has 3 rings (SSSR count). The van der Waals surface area contributed by atoms with E-state index in [0.717, 1.165) is 6.08 Å². The smallest absolute Gasteiger partial charge is 0.336 e. The zero-order chi connectivity index (χ0) is 22.0. The highest BCUT2D eigenvalue weighted by molar-refractivity contribution is 6.39. The lowest BCUT2D eigenvalue weighted by atomic mass is 10.1. The number of hydrogen-bond acceptors (Lipinski definition) is 7. The van der Waals surface area contributed by atoms with Crippen LogP contribution in [0.25, 0.3) is 6.08 Å². The van der Waals surface area contributed by atoms with Crippen molar-refractivity contribution in [2.75, 3.05) is 19.1 Å². The Morgan fingerprint density at radius 1 is 1.10 bits per heavy atom. The number of nitro benzene ring substituents is 1. The van der Waals surface area contributed by atoms with Gasteiger partial charge in [0.25, 0.3) is 17.5 Å². The average molecular weight is 432 g/mol. The number of ether oxygens (including phenoxy) is 2. The molecule has 0 aliphatic carbocycles. The fourth-order valence-electron chi connectivity index (χ4n) is 2.79. The lowest BCUT2D eigenvalue weighted by molar-refractivity contribution is -0.384. The summed E-state index contributed by atoms with van der Waals surface area (Å²) in [7, 11) is 2.67. The summed E-state index contributed by atoms with van der Waals surface area (Å²) >= 11 is 6.06. The van der Waals surface area contributed by atoms with Gasteiger partial charge in [0.2, 0.25) is 0 Å². The van der Waals surface area contributed by atoms with E-state index in [-0.39, 0.29) is 33.5 Å². The standard InChI is InChI=1S/C19H14ClN3O7/c1-29-15-9-14(16(30-2)8-13(15)20)22-18(25)12(17(24)21-19(22)26)7-10-4-3-5-11(6-10)23(27)28/h3-9H,1-2H3,(H,21,24,26)/b12-7+. The minimum Gasteiger partial charge on any atom is -0.495 e. The average Bonchev–Trinajstić information content (AvgIpc) is 2.71. The number of nitro groups is 1.